The van der Waals surface area contributed by atoms with E-state index < -0.39 is 27.8 Å². The Balaban J connectivity index is 1.69. The van der Waals surface area contributed by atoms with E-state index >= 15 is 0 Å². The van der Waals surface area contributed by atoms with E-state index in [9.17, 15) is 22.8 Å². The molecule has 2 aliphatic heterocycles. The Morgan fingerprint density at radius 3 is 2.67 bits per heavy atom. The summed E-state index contributed by atoms with van der Waals surface area (Å²) in [4.78, 5) is 36.6. The number of benzene rings is 1. The Morgan fingerprint density at radius 2 is 2.03 bits per heavy atom. The Bertz CT molecular complexity index is 1000. The molecule has 2 aliphatic rings. The van der Waals surface area contributed by atoms with Crippen molar-refractivity contribution in [1.29, 1.82) is 0 Å². The number of rotatable bonds is 6. The summed E-state index contributed by atoms with van der Waals surface area (Å²) in [6.45, 7) is 0.123. The van der Waals surface area contributed by atoms with Crippen molar-refractivity contribution >= 4 is 33.3 Å². The van der Waals surface area contributed by atoms with E-state index in [-0.39, 0.29) is 48.1 Å². The van der Waals surface area contributed by atoms with E-state index in [1.165, 1.54) is 14.2 Å². The molecule has 10 nitrogen and oxygen atoms in total. The first-order valence-corrected chi connectivity index (χ1v) is 11.2. The molecule has 11 heteroatoms. The van der Waals surface area contributed by atoms with Crippen molar-refractivity contribution in [1.82, 2.24) is 10.3 Å². The third-order valence-electron chi connectivity index (χ3n) is 5.00. The number of hydrogen-bond donors (Lipinski definition) is 1. The van der Waals surface area contributed by atoms with Gasteiger partial charge in [0.05, 0.1) is 31.8 Å². The van der Waals surface area contributed by atoms with E-state index in [0.717, 1.165) is 5.01 Å². The zero-order valence-electron chi connectivity index (χ0n) is 16.7. The fraction of sp³-hybridized carbons (Fsp3) is 0.474. The number of hydrazone groups is 1. The van der Waals surface area contributed by atoms with Crippen LogP contribution in [0.5, 0.6) is 5.75 Å². The molecule has 2 heterocycles. The highest BCUT2D eigenvalue weighted by molar-refractivity contribution is 7.91. The highest BCUT2D eigenvalue weighted by atomic mass is 32.2. The molecule has 0 bridgehead atoms. The first kappa shape index (κ1) is 21.8. The lowest BCUT2D eigenvalue weighted by Crippen LogP contribution is -2.43. The van der Waals surface area contributed by atoms with Crippen molar-refractivity contribution in [3.05, 3.63) is 29.3 Å². The van der Waals surface area contributed by atoms with Crippen LogP contribution in [0.15, 0.2) is 23.3 Å². The molecule has 0 aromatic heterocycles. The molecule has 0 unspecified atom stereocenters. The number of sulfone groups is 1. The molecular formula is C19H23N3O7S. The average molecular weight is 437 g/mol. The molecule has 1 aromatic carbocycles. The lowest BCUT2D eigenvalue weighted by atomic mass is 10.1. The number of nitrogens with zero attached hydrogens (tertiary/aromatic N) is 2. The molecule has 0 spiro atoms. The van der Waals surface area contributed by atoms with Crippen LogP contribution in [0.2, 0.25) is 0 Å². The summed E-state index contributed by atoms with van der Waals surface area (Å²) in [5.41, 5.74) is 1.05. The summed E-state index contributed by atoms with van der Waals surface area (Å²) < 4.78 is 33.3. The van der Waals surface area contributed by atoms with Crippen LogP contribution in [0.3, 0.4) is 0 Å². The molecule has 3 rings (SSSR count). The standard InChI is InChI=1S/C19H23N3O7S/c1-28-16-5-3-12(9-14(16)19(25)29-2)10-20-18(24)15-4-6-17(23)22(21-15)13-7-8-30(26,27)11-13/h3,5,9,13H,4,6-8,10-11H2,1-2H3,(H,20,24)/t13-/m0/s1. The van der Waals surface area contributed by atoms with Crippen LogP contribution < -0.4 is 10.1 Å². The second-order valence-electron chi connectivity index (χ2n) is 7.05. The molecule has 1 saturated heterocycles. The van der Waals surface area contributed by atoms with Crippen LogP contribution in [0, 0.1) is 0 Å². The maximum absolute atomic E-state index is 12.5. The third kappa shape index (κ3) is 4.78. The van der Waals surface area contributed by atoms with Gasteiger partial charge in [0.25, 0.3) is 5.91 Å². The van der Waals surface area contributed by atoms with Crippen LogP contribution in [0.25, 0.3) is 0 Å². The monoisotopic (exact) mass is 437 g/mol. The van der Waals surface area contributed by atoms with Crippen LogP contribution in [-0.2, 0) is 30.7 Å². The van der Waals surface area contributed by atoms with Crippen LogP contribution in [0.4, 0.5) is 0 Å². The average Bonchev–Trinajstić information content (AvgIpc) is 3.10. The fourth-order valence-corrected chi connectivity index (χ4v) is 5.10. The zero-order valence-corrected chi connectivity index (χ0v) is 17.5. The number of carbonyl (C=O) groups excluding carboxylic acids is 3. The van der Waals surface area contributed by atoms with Gasteiger partial charge in [-0.3, -0.25) is 9.59 Å². The molecule has 1 atom stereocenters. The fourth-order valence-electron chi connectivity index (χ4n) is 3.41. The Kier molecular flexibility index (Phi) is 6.40. The number of carbonyl (C=O) groups is 3. The summed E-state index contributed by atoms with van der Waals surface area (Å²) in [6, 6.07) is 4.34. The first-order chi connectivity index (χ1) is 14.2. The van der Waals surface area contributed by atoms with E-state index in [4.69, 9.17) is 9.47 Å². The molecule has 162 valence electrons. The number of nitrogens with one attached hydrogen (secondary N) is 1. The van der Waals surface area contributed by atoms with Crippen LogP contribution in [0.1, 0.15) is 35.2 Å². The van der Waals surface area contributed by atoms with Gasteiger partial charge in [0, 0.05) is 19.4 Å². The van der Waals surface area contributed by atoms with E-state index in [1.54, 1.807) is 18.2 Å². The van der Waals surface area contributed by atoms with Gasteiger partial charge < -0.3 is 14.8 Å². The summed E-state index contributed by atoms with van der Waals surface area (Å²) in [7, 11) is -0.482. The van der Waals surface area contributed by atoms with E-state index in [2.05, 4.69) is 10.4 Å². The Morgan fingerprint density at radius 1 is 1.27 bits per heavy atom. The zero-order chi connectivity index (χ0) is 21.9. The number of methoxy groups -OCH3 is 2. The molecule has 1 fully saturated rings. The van der Waals surface area contributed by atoms with Crippen molar-refractivity contribution in [3.8, 4) is 5.75 Å². The normalized spacial score (nSPS) is 20.5. The van der Waals surface area contributed by atoms with Crippen LogP contribution >= 0.6 is 0 Å². The van der Waals surface area contributed by atoms with E-state index in [0.29, 0.717) is 17.7 Å². The lowest BCUT2D eigenvalue weighted by Gasteiger charge is -2.27. The van der Waals surface area contributed by atoms with Gasteiger partial charge in [-0.15, -0.1) is 0 Å². The van der Waals surface area contributed by atoms with E-state index in [1.807, 2.05) is 0 Å². The number of amides is 2. The minimum absolute atomic E-state index is 0.0124. The van der Waals surface area contributed by atoms with Crippen LogP contribution in [-0.4, -0.2) is 68.7 Å². The molecule has 1 aromatic rings. The predicted molar refractivity (Wildman–Crippen MR) is 107 cm³/mol. The Labute approximate surface area is 174 Å². The summed E-state index contributed by atoms with van der Waals surface area (Å²) in [5, 5.41) is 8.00. The number of esters is 1. The molecule has 0 radical (unpaired) electrons. The largest absolute Gasteiger partial charge is 0.496 e. The highest BCUT2D eigenvalue weighted by Crippen LogP contribution is 2.23. The summed E-state index contributed by atoms with van der Waals surface area (Å²) in [5.74, 6) is -1.07. The molecule has 1 N–H and O–H groups in total. The van der Waals surface area contributed by atoms with Gasteiger partial charge in [-0.05, 0) is 24.1 Å². The SMILES string of the molecule is COC(=O)c1cc(CNC(=O)C2=NN([C@H]3CCS(=O)(=O)C3)C(=O)CC2)ccc1OC. The lowest BCUT2D eigenvalue weighted by molar-refractivity contribution is -0.133. The third-order valence-corrected chi connectivity index (χ3v) is 6.75. The van der Waals surface area contributed by atoms with Gasteiger partial charge in [0.15, 0.2) is 9.84 Å². The van der Waals surface area contributed by atoms with Crippen molar-refractivity contribution in [2.45, 2.75) is 31.8 Å². The molecule has 30 heavy (non-hydrogen) atoms. The maximum Gasteiger partial charge on any atom is 0.341 e. The van der Waals surface area contributed by atoms with Gasteiger partial charge in [-0.1, -0.05) is 6.07 Å². The van der Waals surface area contributed by atoms with Crippen molar-refractivity contribution in [2.24, 2.45) is 5.10 Å². The van der Waals surface area contributed by atoms with Crippen molar-refractivity contribution in [3.63, 3.8) is 0 Å². The molecular weight excluding hydrogens is 414 g/mol. The Hall–Kier alpha value is -2.95. The van der Waals surface area contributed by atoms with Gasteiger partial charge in [0.1, 0.15) is 17.0 Å². The quantitative estimate of drug-likeness (QED) is 0.632. The summed E-state index contributed by atoms with van der Waals surface area (Å²) >= 11 is 0. The maximum atomic E-state index is 12.5. The van der Waals surface area contributed by atoms with Crippen molar-refractivity contribution in [2.75, 3.05) is 25.7 Å². The molecule has 2 amide bonds. The minimum Gasteiger partial charge on any atom is -0.496 e. The second-order valence-corrected chi connectivity index (χ2v) is 9.28. The molecule has 0 saturated carbocycles. The highest BCUT2D eigenvalue weighted by Gasteiger charge is 2.37. The minimum atomic E-state index is -3.18. The smallest absolute Gasteiger partial charge is 0.341 e. The topological polar surface area (TPSA) is 131 Å². The first-order valence-electron chi connectivity index (χ1n) is 9.37. The summed E-state index contributed by atoms with van der Waals surface area (Å²) in [6.07, 6.45) is 0.586. The predicted octanol–water partition coefficient (Wildman–Crippen LogP) is 0.264. The van der Waals surface area contributed by atoms with Crippen molar-refractivity contribution < 1.29 is 32.3 Å². The molecule has 0 aliphatic carbocycles. The van der Waals surface area contributed by atoms with Gasteiger partial charge in [-0.25, -0.2) is 18.2 Å². The number of hydrogen-bond acceptors (Lipinski definition) is 8. The van der Waals surface area contributed by atoms with Gasteiger partial charge in [-0.2, -0.15) is 5.10 Å². The number of ether oxygens (including phenoxy) is 2. The second kappa shape index (κ2) is 8.82. The van der Waals surface area contributed by atoms with Gasteiger partial charge >= 0.3 is 5.97 Å². The van der Waals surface area contributed by atoms with Gasteiger partial charge in [0.2, 0.25) is 5.91 Å².